The largest absolute Gasteiger partial charge is 0.320 e. The number of carbonyl (C=O) groups excluding carboxylic acids is 2. The standard InChI is InChI=1S/C13H10N2O2/c16-9-13(17)15-12-3-1-10(2-4-12)11-5-7-14-8-6-11/h1-9H,(H,15,17). The van der Waals surface area contributed by atoms with Crippen LogP contribution in [0.25, 0.3) is 11.1 Å². The van der Waals surface area contributed by atoms with Gasteiger partial charge in [-0.25, -0.2) is 0 Å². The second-order valence-corrected chi connectivity index (χ2v) is 3.42. The van der Waals surface area contributed by atoms with Gasteiger partial charge in [-0.3, -0.25) is 14.6 Å². The topological polar surface area (TPSA) is 59.1 Å². The van der Waals surface area contributed by atoms with Crippen LogP contribution in [0, 0.1) is 0 Å². The molecule has 0 aliphatic carbocycles. The molecule has 0 saturated carbocycles. The van der Waals surface area contributed by atoms with Crippen molar-refractivity contribution in [3.8, 4) is 11.1 Å². The van der Waals surface area contributed by atoms with Crippen molar-refractivity contribution in [1.82, 2.24) is 4.98 Å². The number of nitrogens with one attached hydrogen (secondary N) is 1. The van der Waals surface area contributed by atoms with E-state index < -0.39 is 5.91 Å². The number of anilines is 1. The minimum Gasteiger partial charge on any atom is -0.320 e. The van der Waals surface area contributed by atoms with E-state index in [9.17, 15) is 9.59 Å². The molecule has 1 aromatic heterocycles. The molecule has 0 radical (unpaired) electrons. The third kappa shape index (κ3) is 2.75. The van der Waals surface area contributed by atoms with E-state index >= 15 is 0 Å². The number of aromatic nitrogens is 1. The van der Waals surface area contributed by atoms with Crippen molar-refractivity contribution in [1.29, 1.82) is 0 Å². The van der Waals surface area contributed by atoms with Crippen LogP contribution in [0.3, 0.4) is 0 Å². The van der Waals surface area contributed by atoms with Gasteiger partial charge in [0.15, 0.2) is 0 Å². The Morgan fingerprint density at radius 1 is 1.00 bits per heavy atom. The van der Waals surface area contributed by atoms with Gasteiger partial charge in [-0.15, -0.1) is 0 Å². The normalized spacial score (nSPS) is 9.65. The molecule has 0 saturated heterocycles. The van der Waals surface area contributed by atoms with Crippen LogP contribution in [0.5, 0.6) is 0 Å². The third-order valence-electron chi connectivity index (χ3n) is 2.27. The van der Waals surface area contributed by atoms with Crippen LogP contribution in [-0.2, 0) is 9.59 Å². The van der Waals surface area contributed by atoms with Gasteiger partial charge in [0, 0.05) is 18.1 Å². The average Bonchev–Trinajstić information content (AvgIpc) is 2.40. The molecule has 4 nitrogen and oxygen atoms in total. The number of pyridine rings is 1. The molecule has 0 aliphatic rings. The van der Waals surface area contributed by atoms with Crippen LogP contribution in [0.1, 0.15) is 0 Å². The lowest BCUT2D eigenvalue weighted by Crippen LogP contribution is -2.11. The molecule has 1 heterocycles. The first-order valence-electron chi connectivity index (χ1n) is 5.06. The molecule has 0 bridgehead atoms. The van der Waals surface area contributed by atoms with Gasteiger partial charge in [-0.2, -0.15) is 0 Å². The highest BCUT2D eigenvalue weighted by Crippen LogP contribution is 2.20. The molecule has 4 heteroatoms. The summed E-state index contributed by atoms with van der Waals surface area (Å²) in [6.07, 6.45) is 3.69. The second-order valence-electron chi connectivity index (χ2n) is 3.42. The Morgan fingerprint density at radius 3 is 2.18 bits per heavy atom. The number of benzene rings is 1. The summed E-state index contributed by atoms with van der Waals surface area (Å²) in [6, 6.07) is 11.0. The van der Waals surface area contributed by atoms with E-state index in [1.165, 1.54) is 0 Å². The molecule has 0 aliphatic heterocycles. The highest BCUT2D eigenvalue weighted by Gasteiger charge is 2.00. The first kappa shape index (κ1) is 11.0. The minimum absolute atomic E-state index is 0.247. The number of nitrogens with zero attached hydrogens (tertiary/aromatic N) is 1. The van der Waals surface area contributed by atoms with Crippen LogP contribution >= 0.6 is 0 Å². The Labute approximate surface area is 98.3 Å². The Morgan fingerprint density at radius 2 is 1.59 bits per heavy atom. The molecule has 0 fully saturated rings. The summed E-state index contributed by atoms with van der Waals surface area (Å²) in [4.78, 5) is 25.0. The maximum Gasteiger partial charge on any atom is 0.288 e. The van der Waals surface area contributed by atoms with Gasteiger partial charge in [0.1, 0.15) is 0 Å². The van der Waals surface area contributed by atoms with E-state index in [4.69, 9.17) is 0 Å². The lowest BCUT2D eigenvalue weighted by molar-refractivity contribution is -0.127. The van der Waals surface area contributed by atoms with E-state index in [-0.39, 0.29) is 6.29 Å². The third-order valence-corrected chi connectivity index (χ3v) is 2.27. The van der Waals surface area contributed by atoms with Gasteiger partial charge in [-0.1, -0.05) is 12.1 Å². The maximum atomic E-state index is 10.8. The quantitative estimate of drug-likeness (QED) is 0.642. The smallest absolute Gasteiger partial charge is 0.288 e. The van der Waals surface area contributed by atoms with Crippen LogP contribution < -0.4 is 5.32 Å². The van der Waals surface area contributed by atoms with E-state index in [1.54, 1.807) is 24.5 Å². The highest BCUT2D eigenvalue weighted by atomic mass is 16.2. The molecular formula is C13H10N2O2. The number of amides is 1. The first-order valence-corrected chi connectivity index (χ1v) is 5.06. The Kier molecular flexibility index (Phi) is 3.25. The molecule has 0 unspecified atom stereocenters. The second kappa shape index (κ2) is 5.03. The molecule has 0 atom stereocenters. The van der Waals surface area contributed by atoms with Crippen molar-refractivity contribution in [3.63, 3.8) is 0 Å². The fourth-order valence-corrected chi connectivity index (χ4v) is 1.46. The van der Waals surface area contributed by atoms with E-state index in [0.29, 0.717) is 5.69 Å². The van der Waals surface area contributed by atoms with E-state index in [1.807, 2.05) is 24.3 Å². The zero-order valence-electron chi connectivity index (χ0n) is 8.96. The Hall–Kier alpha value is -2.49. The van der Waals surface area contributed by atoms with Gasteiger partial charge >= 0.3 is 0 Å². The Balaban J connectivity index is 2.19. The molecule has 1 N–H and O–H groups in total. The lowest BCUT2D eigenvalue weighted by Gasteiger charge is -2.04. The van der Waals surface area contributed by atoms with Crippen molar-refractivity contribution in [3.05, 3.63) is 48.8 Å². The van der Waals surface area contributed by atoms with Crippen molar-refractivity contribution >= 4 is 17.9 Å². The minimum atomic E-state index is -0.651. The summed E-state index contributed by atoms with van der Waals surface area (Å²) < 4.78 is 0. The zero-order valence-corrected chi connectivity index (χ0v) is 8.96. The Bertz CT molecular complexity index is 521. The van der Waals surface area contributed by atoms with E-state index in [2.05, 4.69) is 10.3 Å². The van der Waals surface area contributed by atoms with Gasteiger partial charge < -0.3 is 5.32 Å². The van der Waals surface area contributed by atoms with Crippen molar-refractivity contribution < 1.29 is 9.59 Å². The zero-order chi connectivity index (χ0) is 12.1. The molecule has 2 aromatic rings. The highest BCUT2D eigenvalue weighted by molar-refractivity contribution is 6.29. The van der Waals surface area contributed by atoms with Crippen LogP contribution in [0.2, 0.25) is 0 Å². The molecule has 1 aromatic carbocycles. The van der Waals surface area contributed by atoms with Crippen LogP contribution in [0.4, 0.5) is 5.69 Å². The summed E-state index contributed by atoms with van der Waals surface area (Å²) in [5, 5.41) is 2.45. The molecule has 84 valence electrons. The fraction of sp³-hybridized carbons (Fsp3) is 0. The molecule has 17 heavy (non-hydrogen) atoms. The molecule has 1 amide bonds. The van der Waals surface area contributed by atoms with Gasteiger partial charge in [0.25, 0.3) is 5.91 Å². The van der Waals surface area contributed by atoms with E-state index in [0.717, 1.165) is 11.1 Å². The summed E-state index contributed by atoms with van der Waals surface area (Å²) in [6.45, 7) is 0. The fourth-order valence-electron chi connectivity index (χ4n) is 1.46. The molecule has 2 rings (SSSR count). The summed E-state index contributed by atoms with van der Waals surface area (Å²) in [5.74, 6) is -0.651. The monoisotopic (exact) mass is 226 g/mol. The van der Waals surface area contributed by atoms with Crippen molar-refractivity contribution in [2.45, 2.75) is 0 Å². The average molecular weight is 226 g/mol. The van der Waals surface area contributed by atoms with Crippen molar-refractivity contribution in [2.24, 2.45) is 0 Å². The van der Waals surface area contributed by atoms with Crippen LogP contribution in [0.15, 0.2) is 48.8 Å². The SMILES string of the molecule is O=CC(=O)Nc1ccc(-c2ccncc2)cc1. The number of rotatable bonds is 3. The van der Waals surface area contributed by atoms with Gasteiger partial charge in [0.2, 0.25) is 6.29 Å². The number of hydrogen-bond donors (Lipinski definition) is 1. The first-order chi connectivity index (χ1) is 8.29. The lowest BCUT2D eigenvalue weighted by atomic mass is 10.1. The van der Waals surface area contributed by atoms with Crippen LogP contribution in [-0.4, -0.2) is 17.2 Å². The summed E-state index contributed by atoms with van der Waals surface area (Å²) in [5.41, 5.74) is 2.67. The van der Waals surface area contributed by atoms with Crippen molar-refractivity contribution in [2.75, 3.05) is 5.32 Å². The van der Waals surface area contributed by atoms with Gasteiger partial charge in [-0.05, 0) is 35.4 Å². The number of carbonyl (C=O) groups is 2. The number of aldehydes is 1. The number of hydrogen-bond acceptors (Lipinski definition) is 3. The molecule has 0 spiro atoms. The maximum absolute atomic E-state index is 10.8. The predicted octanol–water partition coefficient (Wildman–Crippen LogP) is 1.89. The summed E-state index contributed by atoms with van der Waals surface area (Å²) >= 11 is 0. The summed E-state index contributed by atoms with van der Waals surface area (Å²) in [7, 11) is 0. The van der Waals surface area contributed by atoms with Gasteiger partial charge in [0.05, 0.1) is 0 Å². The predicted molar refractivity (Wildman–Crippen MR) is 64.4 cm³/mol. The molecular weight excluding hydrogens is 216 g/mol.